The minimum atomic E-state index is 0.00107. The smallest absolute Gasteiger partial charge is 0.181 e. The Labute approximate surface area is 137 Å². The van der Waals surface area contributed by atoms with Gasteiger partial charge in [0.05, 0.1) is 0 Å². The van der Waals surface area contributed by atoms with Gasteiger partial charge in [0, 0.05) is 25.4 Å². The monoisotopic (exact) mass is 312 g/mol. The first kappa shape index (κ1) is 17.2. The summed E-state index contributed by atoms with van der Waals surface area (Å²) in [5, 5.41) is 0. The number of aromatic nitrogens is 2. The standard InChI is InChI=1S/C19H24N2O2/c1-2-3-4-13-23-15-18(22)10-9-16-5-7-17(8-6-16)14-19-20-11-12-21-19/h5-12H,2-4,13-15H2,1H3,(H,20,21). The van der Waals surface area contributed by atoms with Crippen molar-refractivity contribution >= 4 is 11.9 Å². The maximum absolute atomic E-state index is 11.7. The molecule has 23 heavy (non-hydrogen) atoms. The van der Waals surface area contributed by atoms with Crippen LogP contribution < -0.4 is 0 Å². The van der Waals surface area contributed by atoms with Gasteiger partial charge in [0.1, 0.15) is 12.4 Å². The molecule has 0 saturated carbocycles. The third-order valence-corrected chi connectivity index (χ3v) is 3.50. The van der Waals surface area contributed by atoms with Crippen LogP contribution in [-0.4, -0.2) is 29.0 Å². The second kappa shape index (κ2) is 9.74. The number of carbonyl (C=O) groups is 1. The number of unbranched alkanes of at least 4 members (excludes halogenated alkanes) is 2. The van der Waals surface area contributed by atoms with Gasteiger partial charge in [0.2, 0.25) is 0 Å². The van der Waals surface area contributed by atoms with Crippen LogP contribution in [0.4, 0.5) is 0 Å². The molecule has 1 aromatic carbocycles. The van der Waals surface area contributed by atoms with E-state index >= 15 is 0 Å². The maximum atomic E-state index is 11.7. The number of nitrogens with zero attached hydrogens (tertiary/aromatic N) is 1. The van der Waals surface area contributed by atoms with Crippen molar-refractivity contribution in [1.82, 2.24) is 9.97 Å². The predicted molar refractivity (Wildman–Crippen MR) is 92.2 cm³/mol. The van der Waals surface area contributed by atoms with Gasteiger partial charge in [-0.25, -0.2) is 4.98 Å². The van der Waals surface area contributed by atoms with Crippen molar-refractivity contribution in [3.05, 3.63) is 59.7 Å². The third-order valence-electron chi connectivity index (χ3n) is 3.50. The normalized spacial score (nSPS) is 11.2. The SMILES string of the molecule is CCCCCOCC(=O)C=Cc1ccc(Cc2ncc[nH]2)cc1. The molecule has 0 aliphatic carbocycles. The van der Waals surface area contributed by atoms with E-state index in [0.717, 1.165) is 37.1 Å². The summed E-state index contributed by atoms with van der Waals surface area (Å²) in [4.78, 5) is 19.0. The van der Waals surface area contributed by atoms with E-state index in [1.165, 1.54) is 5.56 Å². The third kappa shape index (κ3) is 6.61. The number of benzene rings is 1. The molecular formula is C19H24N2O2. The van der Waals surface area contributed by atoms with E-state index in [1.807, 2.05) is 36.5 Å². The molecule has 1 N–H and O–H groups in total. The van der Waals surface area contributed by atoms with Crippen LogP contribution in [0.5, 0.6) is 0 Å². The summed E-state index contributed by atoms with van der Waals surface area (Å²) in [6.45, 7) is 2.97. The molecule has 0 saturated heterocycles. The lowest BCUT2D eigenvalue weighted by Gasteiger charge is -2.01. The van der Waals surface area contributed by atoms with Crippen molar-refractivity contribution in [2.45, 2.75) is 32.6 Å². The van der Waals surface area contributed by atoms with Crippen LogP contribution in [-0.2, 0) is 16.0 Å². The van der Waals surface area contributed by atoms with Crippen LogP contribution in [0.2, 0.25) is 0 Å². The Bertz CT molecular complexity index is 601. The molecule has 0 unspecified atom stereocenters. The number of hydrogen-bond donors (Lipinski definition) is 1. The van der Waals surface area contributed by atoms with E-state index in [0.29, 0.717) is 6.61 Å². The van der Waals surface area contributed by atoms with Crippen molar-refractivity contribution in [2.24, 2.45) is 0 Å². The highest BCUT2D eigenvalue weighted by atomic mass is 16.5. The first-order valence-corrected chi connectivity index (χ1v) is 8.14. The maximum Gasteiger partial charge on any atom is 0.181 e. The Balaban J connectivity index is 1.75. The highest BCUT2D eigenvalue weighted by molar-refractivity contribution is 5.94. The fraction of sp³-hybridized carbons (Fsp3) is 0.368. The number of imidazole rings is 1. The van der Waals surface area contributed by atoms with Gasteiger partial charge in [-0.2, -0.15) is 0 Å². The Hall–Kier alpha value is -2.20. The molecule has 0 amide bonds. The predicted octanol–water partition coefficient (Wildman–Crippen LogP) is 3.79. The Kier molecular flexibility index (Phi) is 7.27. The molecule has 0 bridgehead atoms. The number of nitrogens with one attached hydrogen (secondary N) is 1. The van der Waals surface area contributed by atoms with Crippen LogP contribution in [0.1, 0.15) is 43.1 Å². The number of aromatic amines is 1. The summed E-state index contributed by atoms with van der Waals surface area (Å²) in [5.74, 6) is 0.949. The van der Waals surface area contributed by atoms with Gasteiger partial charge in [0.25, 0.3) is 0 Å². The minimum absolute atomic E-state index is 0.00107. The van der Waals surface area contributed by atoms with Gasteiger partial charge in [-0.15, -0.1) is 0 Å². The Morgan fingerprint density at radius 3 is 2.78 bits per heavy atom. The average Bonchev–Trinajstić information content (AvgIpc) is 3.07. The van der Waals surface area contributed by atoms with Crippen LogP contribution in [0.25, 0.3) is 6.08 Å². The van der Waals surface area contributed by atoms with Gasteiger partial charge in [-0.1, -0.05) is 50.1 Å². The summed E-state index contributed by atoms with van der Waals surface area (Å²) >= 11 is 0. The first-order chi connectivity index (χ1) is 11.3. The molecule has 4 heteroatoms. The van der Waals surface area contributed by atoms with E-state index in [4.69, 9.17) is 4.74 Å². The largest absolute Gasteiger partial charge is 0.373 e. The van der Waals surface area contributed by atoms with Crippen LogP contribution >= 0.6 is 0 Å². The zero-order valence-corrected chi connectivity index (χ0v) is 13.6. The zero-order valence-electron chi connectivity index (χ0n) is 13.6. The molecule has 0 fully saturated rings. The Morgan fingerprint density at radius 2 is 2.09 bits per heavy atom. The lowest BCUT2D eigenvalue weighted by atomic mass is 10.1. The van der Waals surface area contributed by atoms with Crippen molar-refractivity contribution in [2.75, 3.05) is 13.2 Å². The topological polar surface area (TPSA) is 55.0 Å². The fourth-order valence-electron chi connectivity index (χ4n) is 2.20. The number of hydrogen-bond acceptors (Lipinski definition) is 3. The van der Waals surface area contributed by atoms with E-state index in [2.05, 4.69) is 16.9 Å². The van der Waals surface area contributed by atoms with E-state index in [9.17, 15) is 4.79 Å². The number of ketones is 1. The summed E-state index contributed by atoms with van der Waals surface area (Å²) in [5.41, 5.74) is 2.19. The van der Waals surface area contributed by atoms with Crippen molar-refractivity contribution in [3.8, 4) is 0 Å². The molecule has 0 aliphatic rings. The Morgan fingerprint density at radius 1 is 1.26 bits per heavy atom. The van der Waals surface area contributed by atoms with Crippen molar-refractivity contribution < 1.29 is 9.53 Å². The molecule has 0 radical (unpaired) electrons. The summed E-state index contributed by atoms with van der Waals surface area (Å²) in [7, 11) is 0. The molecule has 0 spiro atoms. The van der Waals surface area contributed by atoms with E-state index in [1.54, 1.807) is 12.3 Å². The second-order valence-electron chi connectivity index (χ2n) is 5.51. The molecule has 1 heterocycles. The fourth-order valence-corrected chi connectivity index (χ4v) is 2.20. The molecule has 4 nitrogen and oxygen atoms in total. The van der Waals surface area contributed by atoms with E-state index < -0.39 is 0 Å². The molecule has 1 aromatic heterocycles. The molecule has 2 aromatic rings. The quantitative estimate of drug-likeness (QED) is 0.536. The number of rotatable bonds is 10. The molecule has 122 valence electrons. The van der Waals surface area contributed by atoms with Gasteiger partial charge >= 0.3 is 0 Å². The van der Waals surface area contributed by atoms with Crippen LogP contribution in [0, 0.1) is 0 Å². The number of carbonyl (C=O) groups excluding carboxylic acids is 1. The molecule has 2 rings (SSSR count). The second-order valence-corrected chi connectivity index (χ2v) is 5.51. The summed E-state index contributed by atoms with van der Waals surface area (Å²) in [6.07, 6.45) is 11.1. The lowest BCUT2D eigenvalue weighted by Crippen LogP contribution is -2.06. The van der Waals surface area contributed by atoms with Crippen molar-refractivity contribution in [1.29, 1.82) is 0 Å². The van der Waals surface area contributed by atoms with E-state index in [-0.39, 0.29) is 12.4 Å². The summed E-state index contributed by atoms with van der Waals surface area (Å²) in [6, 6.07) is 8.11. The zero-order chi connectivity index (χ0) is 16.3. The molecular weight excluding hydrogens is 288 g/mol. The van der Waals surface area contributed by atoms with Gasteiger partial charge in [-0.3, -0.25) is 4.79 Å². The van der Waals surface area contributed by atoms with Gasteiger partial charge < -0.3 is 9.72 Å². The van der Waals surface area contributed by atoms with Crippen LogP contribution in [0.3, 0.4) is 0 Å². The van der Waals surface area contributed by atoms with Gasteiger partial charge in [-0.05, 0) is 23.6 Å². The number of ether oxygens (including phenoxy) is 1. The van der Waals surface area contributed by atoms with Crippen LogP contribution in [0.15, 0.2) is 42.7 Å². The average molecular weight is 312 g/mol. The highest BCUT2D eigenvalue weighted by Crippen LogP contribution is 2.09. The van der Waals surface area contributed by atoms with Gasteiger partial charge in [0.15, 0.2) is 5.78 Å². The lowest BCUT2D eigenvalue weighted by molar-refractivity contribution is -0.118. The first-order valence-electron chi connectivity index (χ1n) is 8.14. The highest BCUT2D eigenvalue weighted by Gasteiger charge is 1.99. The molecule has 0 aliphatic heterocycles. The number of H-pyrrole nitrogens is 1. The minimum Gasteiger partial charge on any atom is -0.373 e. The molecule has 0 atom stereocenters. The summed E-state index contributed by atoms with van der Waals surface area (Å²) < 4.78 is 5.35. The van der Waals surface area contributed by atoms with Crippen molar-refractivity contribution in [3.63, 3.8) is 0 Å².